The molecule has 6 heteroatoms. The van der Waals surface area contributed by atoms with Gasteiger partial charge >= 0.3 is 0 Å². The van der Waals surface area contributed by atoms with Gasteiger partial charge in [0, 0.05) is 12.6 Å². The highest BCUT2D eigenvalue weighted by Crippen LogP contribution is 2.33. The summed E-state index contributed by atoms with van der Waals surface area (Å²) in [6.07, 6.45) is 6.14. The maximum atomic E-state index is 9.26. The van der Waals surface area contributed by atoms with Crippen LogP contribution in [0.1, 0.15) is 32.6 Å². The fourth-order valence-corrected chi connectivity index (χ4v) is 2.64. The lowest BCUT2D eigenvalue weighted by Gasteiger charge is -2.30. The molecule has 0 saturated heterocycles. The van der Waals surface area contributed by atoms with Gasteiger partial charge in [0.15, 0.2) is 5.82 Å². The second kappa shape index (κ2) is 6.56. The molecule has 0 unspecified atom stereocenters. The van der Waals surface area contributed by atoms with Crippen LogP contribution in [0.4, 0.5) is 11.5 Å². The van der Waals surface area contributed by atoms with E-state index in [2.05, 4.69) is 14.9 Å². The van der Waals surface area contributed by atoms with Gasteiger partial charge in [-0.1, -0.05) is 12.8 Å². The Labute approximate surface area is 113 Å². The molecule has 1 aliphatic rings. The number of hydrogen-bond donors (Lipinski definition) is 2. The van der Waals surface area contributed by atoms with Crippen LogP contribution in [0.5, 0.6) is 5.88 Å². The third-order valence-electron chi connectivity index (χ3n) is 3.49. The maximum Gasteiger partial charge on any atom is 0.242 e. The summed E-state index contributed by atoms with van der Waals surface area (Å²) in [5.74, 6) is 1.10. The molecule has 106 valence electrons. The van der Waals surface area contributed by atoms with Crippen molar-refractivity contribution in [2.24, 2.45) is 0 Å². The normalized spacial score (nSPS) is 15.7. The van der Waals surface area contributed by atoms with Crippen LogP contribution < -0.4 is 15.4 Å². The van der Waals surface area contributed by atoms with Crippen molar-refractivity contribution in [1.82, 2.24) is 9.97 Å². The molecule has 1 fully saturated rings. The van der Waals surface area contributed by atoms with Gasteiger partial charge in [-0.25, -0.2) is 4.98 Å². The summed E-state index contributed by atoms with van der Waals surface area (Å²) in [7, 11) is 0. The Balaban J connectivity index is 2.27. The monoisotopic (exact) mass is 266 g/mol. The van der Waals surface area contributed by atoms with E-state index in [1.807, 2.05) is 6.92 Å². The lowest BCUT2D eigenvalue weighted by Crippen LogP contribution is -2.37. The minimum atomic E-state index is 0.0872. The summed E-state index contributed by atoms with van der Waals surface area (Å²) < 4.78 is 5.40. The molecule has 1 aromatic heterocycles. The van der Waals surface area contributed by atoms with Gasteiger partial charge in [0.1, 0.15) is 12.0 Å². The van der Waals surface area contributed by atoms with E-state index in [0.29, 0.717) is 36.6 Å². The summed E-state index contributed by atoms with van der Waals surface area (Å²) in [5, 5.41) is 9.26. The molecule has 0 radical (unpaired) electrons. The number of rotatable bonds is 6. The number of ether oxygens (including phenoxy) is 1. The van der Waals surface area contributed by atoms with Crippen molar-refractivity contribution in [3.8, 4) is 5.88 Å². The Hall–Kier alpha value is -1.56. The molecule has 1 heterocycles. The topological polar surface area (TPSA) is 84.5 Å². The molecule has 0 atom stereocenters. The lowest BCUT2D eigenvalue weighted by molar-refractivity contribution is 0.296. The average Bonchev–Trinajstić information content (AvgIpc) is 2.93. The summed E-state index contributed by atoms with van der Waals surface area (Å²) in [6, 6.07) is 0.402. The van der Waals surface area contributed by atoms with Gasteiger partial charge in [0.2, 0.25) is 5.88 Å². The van der Waals surface area contributed by atoms with Crippen molar-refractivity contribution in [1.29, 1.82) is 0 Å². The Morgan fingerprint density at radius 2 is 2.16 bits per heavy atom. The molecule has 0 aliphatic heterocycles. The van der Waals surface area contributed by atoms with Crippen LogP contribution in [-0.4, -0.2) is 40.9 Å². The molecule has 0 bridgehead atoms. The van der Waals surface area contributed by atoms with Gasteiger partial charge < -0.3 is 20.5 Å². The smallest absolute Gasteiger partial charge is 0.242 e. The number of hydrogen-bond acceptors (Lipinski definition) is 6. The highest BCUT2D eigenvalue weighted by atomic mass is 16.5. The predicted octanol–water partition coefficient (Wildman–Crippen LogP) is 1.20. The zero-order valence-corrected chi connectivity index (χ0v) is 11.4. The Bertz CT molecular complexity index is 408. The molecule has 1 saturated carbocycles. The third kappa shape index (κ3) is 3.07. The number of aliphatic hydroxyl groups excluding tert-OH is 1. The first kappa shape index (κ1) is 13.9. The largest absolute Gasteiger partial charge is 0.476 e. The minimum Gasteiger partial charge on any atom is -0.476 e. The predicted molar refractivity (Wildman–Crippen MR) is 74.3 cm³/mol. The Morgan fingerprint density at radius 1 is 1.42 bits per heavy atom. The molecule has 2 rings (SSSR count). The van der Waals surface area contributed by atoms with E-state index in [4.69, 9.17) is 10.5 Å². The van der Waals surface area contributed by atoms with Crippen molar-refractivity contribution in [3.63, 3.8) is 0 Å². The molecule has 3 N–H and O–H groups in total. The van der Waals surface area contributed by atoms with E-state index in [1.165, 1.54) is 19.2 Å². The molecule has 6 nitrogen and oxygen atoms in total. The summed E-state index contributed by atoms with van der Waals surface area (Å²) >= 11 is 0. The zero-order valence-electron chi connectivity index (χ0n) is 11.4. The molecule has 0 aromatic carbocycles. The van der Waals surface area contributed by atoms with E-state index < -0.39 is 0 Å². The lowest BCUT2D eigenvalue weighted by atomic mass is 10.2. The molecule has 1 aliphatic carbocycles. The van der Waals surface area contributed by atoms with Crippen molar-refractivity contribution >= 4 is 11.5 Å². The molecular formula is C13H22N4O2. The number of nitrogen functional groups attached to an aromatic ring is 1. The van der Waals surface area contributed by atoms with Crippen LogP contribution in [0.2, 0.25) is 0 Å². The number of aliphatic hydroxyl groups is 1. The van der Waals surface area contributed by atoms with Crippen molar-refractivity contribution < 1.29 is 9.84 Å². The maximum absolute atomic E-state index is 9.26. The van der Waals surface area contributed by atoms with Gasteiger partial charge in [0.25, 0.3) is 0 Å². The van der Waals surface area contributed by atoms with E-state index in [9.17, 15) is 5.11 Å². The van der Waals surface area contributed by atoms with Crippen molar-refractivity contribution in [3.05, 3.63) is 6.33 Å². The second-order valence-electron chi connectivity index (χ2n) is 4.70. The molecule has 0 spiro atoms. The Morgan fingerprint density at radius 3 is 2.79 bits per heavy atom. The number of anilines is 2. The van der Waals surface area contributed by atoms with Crippen molar-refractivity contribution in [2.45, 2.75) is 38.6 Å². The van der Waals surface area contributed by atoms with Crippen LogP contribution in [0.25, 0.3) is 0 Å². The molecule has 19 heavy (non-hydrogen) atoms. The first-order valence-electron chi connectivity index (χ1n) is 6.88. The molecule has 0 amide bonds. The fraction of sp³-hybridized carbons (Fsp3) is 0.692. The van der Waals surface area contributed by atoms with Crippen LogP contribution in [-0.2, 0) is 0 Å². The number of nitrogens with zero attached hydrogens (tertiary/aromatic N) is 3. The average molecular weight is 266 g/mol. The van der Waals surface area contributed by atoms with Crippen LogP contribution in [0.15, 0.2) is 6.33 Å². The third-order valence-corrected chi connectivity index (χ3v) is 3.49. The SMILES string of the molecule is CCOc1ncnc(N(CCO)C2CCCC2)c1N. The fourth-order valence-electron chi connectivity index (χ4n) is 2.64. The van der Waals surface area contributed by atoms with E-state index >= 15 is 0 Å². The second-order valence-corrected chi connectivity index (χ2v) is 4.70. The van der Waals surface area contributed by atoms with Gasteiger partial charge in [0.05, 0.1) is 13.2 Å². The minimum absolute atomic E-state index is 0.0872. The number of aromatic nitrogens is 2. The first-order valence-corrected chi connectivity index (χ1v) is 6.88. The van der Waals surface area contributed by atoms with Gasteiger partial charge in [-0.15, -0.1) is 0 Å². The summed E-state index contributed by atoms with van der Waals surface area (Å²) in [4.78, 5) is 10.4. The van der Waals surface area contributed by atoms with Crippen molar-refractivity contribution in [2.75, 3.05) is 30.4 Å². The zero-order chi connectivity index (χ0) is 13.7. The standard InChI is InChI=1S/C13H22N4O2/c1-2-19-13-11(14)12(15-9-16-13)17(7-8-18)10-5-3-4-6-10/h9-10,18H,2-8,14H2,1H3. The molecule has 1 aromatic rings. The quantitative estimate of drug-likeness (QED) is 0.805. The number of nitrogens with two attached hydrogens (primary N) is 1. The Kier molecular flexibility index (Phi) is 4.79. The van der Waals surface area contributed by atoms with E-state index in [1.54, 1.807) is 0 Å². The highest BCUT2D eigenvalue weighted by Gasteiger charge is 2.26. The highest BCUT2D eigenvalue weighted by molar-refractivity contribution is 5.68. The van der Waals surface area contributed by atoms with Gasteiger partial charge in [-0.2, -0.15) is 4.98 Å². The van der Waals surface area contributed by atoms with Gasteiger partial charge in [-0.3, -0.25) is 0 Å². The van der Waals surface area contributed by atoms with Gasteiger partial charge in [-0.05, 0) is 19.8 Å². The summed E-state index contributed by atoms with van der Waals surface area (Å²) in [6.45, 7) is 3.04. The van der Waals surface area contributed by atoms with Crippen LogP contribution in [0.3, 0.4) is 0 Å². The van der Waals surface area contributed by atoms with E-state index in [-0.39, 0.29) is 6.61 Å². The van der Waals surface area contributed by atoms with Crippen LogP contribution in [0, 0.1) is 0 Å². The summed E-state index contributed by atoms with van der Waals surface area (Å²) in [5.41, 5.74) is 6.56. The molecular weight excluding hydrogens is 244 g/mol. The first-order chi connectivity index (χ1) is 9.27. The van der Waals surface area contributed by atoms with Crippen LogP contribution >= 0.6 is 0 Å². The van der Waals surface area contributed by atoms with E-state index in [0.717, 1.165) is 12.8 Å².